The zero-order valence-electron chi connectivity index (χ0n) is 11.2. The number of aliphatic hydroxyl groups excluding tert-OH is 1. The number of hydrogen-bond donors (Lipinski definition) is 2. The summed E-state index contributed by atoms with van der Waals surface area (Å²) in [6.45, 7) is 0.765. The third-order valence-electron chi connectivity index (χ3n) is 2.45. The fourth-order valence-electron chi connectivity index (χ4n) is 1.58. The first kappa shape index (κ1) is 16.6. The van der Waals surface area contributed by atoms with Gasteiger partial charge in [-0.05, 0) is 5.56 Å². The van der Waals surface area contributed by atoms with Crippen molar-refractivity contribution >= 4 is 5.97 Å². The topological polar surface area (TPSA) is 85.2 Å². The fourth-order valence-corrected chi connectivity index (χ4v) is 1.58. The molecule has 0 fully saturated rings. The number of aliphatic hydroxyl groups is 1. The van der Waals surface area contributed by atoms with Gasteiger partial charge in [0.25, 0.3) is 0 Å². The van der Waals surface area contributed by atoms with Gasteiger partial charge in [-0.2, -0.15) is 0 Å². The zero-order chi connectivity index (χ0) is 14.6. The molecule has 0 saturated carbocycles. The molecule has 0 heterocycles. The lowest BCUT2D eigenvalue weighted by Crippen LogP contribution is -2.18. The van der Waals surface area contributed by atoms with Gasteiger partial charge in [-0.1, -0.05) is 30.3 Å². The molecule has 6 nitrogen and oxygen atoms in total. The van der Waals surface area contributed by atoms with E-state index in [-0.39, 0.29) is 32.5 Å². The standard InChI is InChI=1S/C14H20O6/c15-6-7-18-8-9-20-13(10-19-11-14(16)17)12-4-2-1-3-5-12/h1-5,13,15H,6-11H2,(H,16,17). The predicted molar refractivity (Wildman–Crippen MR) is 71.5 cm³/mol. The predicted octanol–water partition coefficient (Wildman–Crippen LogP) is 0.854. The number of carboxylic acids is 1. The highest BCUT2D eigenvalue weighted by molar-refractivity contribution is 5.67. The summed E-state index contributed by atoms with van der Waals surface area (Å²) >= 11 is 0. The summed E-state index contributed by atoms with van der Waals surface area (Å²) in [5, 5.41) is 17.1. The van der Waals surface area contributed by atoms with Gasteiger partial charge in [0.2, 0.25) is 0 Å². The smallest absolute Gasteiger partial charge is 0.329 e. The first-order valence-corrected chi connectivity index (χ1v) is 6.38. The molecule has 1 aromatic carbocycles. The van der Waals surface area contributed by atoms with Crippen LogP contribution in [0, 0.1) is 0 Å². The maximum absolute atomic E-state index is 10.4. The lowest BCUT2D eigenvalue weighted by atomic mass is 10.1. The fraction of sp³-hybridized carbons (Fsp3) is 0.500. The van der Waals surface area contributed by atoms with Crippen LogP contribution in [0.3, 0.4) is 0 Å². The van der Waals surface area contributed by atoms with Gasteiger partial charge in [-0.3, -0.25) is 0 Å². The summed E-state index contributed by atoms with van der Waals surface area (Å²) in [6, 6.07) is 9.44. The Hall–Kier alpha value is -1.47. The second-order valence-electron chi connectivity index (χ2n) is 4.01. The third-order valence-corrected chi connectivity index (χ3v) is 2.45. The van der Waals surface area contributed by atoms with Crippen LogP contribution >= 0.6 is 0 Å². The highest BCUT2D eigenvalue weighted by Gasteiger charge is 2.12. The van der Waals surface area contributed by atoms with Crippen molar-refractivity contribution in [2.75, 3.05) is 39.6 Å². The van der Waals surface area contributed by atoms with Crippen molar-refractivity contribution in [2.45, 2.75) is 6.10 Å². The summed E-state index contributed by atoms with van der Waals surface area (Å²) in [7, 11) is 0. The molecular formula is C14H20O6. The number of carboxylic acid groups (broad SMARTS) is 1. The van der Waals surface area contributed by atoms with E-state index in [1.807, 2.05) is 30.3 Å². The Balaban J connectivity index is 2.41. The Labute approximate surface area is 117 Å². The monoisotopic (exact) mass is 284 g/mol. The number of carbonyl (C=O) groups is 1. The number of rotatable bonds is 11. The molecule has 6 heteroatoms. The summed E-state index contributed by atoms with van der Waals surface area (Å²) in [6.07, 6.45) is -0.340. The van der Waals surface area contributed by atoms with Gasteiger partial charge < -0.3 is 24.4 Å². The second kappa shape index (κ2) is 10.3. The molecule has 0 aliphatic heterocycles. The van der Waals surface area contributed by atoms with Gasteiger partial charge in [-0.15, -0.1) is 0 Å². The van der Waals surface area contributed by atoms with Crippen molar-refractivity contribution in [1.82, 2.24) is 0 Å². The molecule has 1 rings (SSSR count). The van der Waals surface area contributed by atoms with Crippen molar-refractivity contribution in [1.29, 1.82) is 0 Å². The summed E-state index contributed by atoms with van der Waals surface area (Å²) in [5.74, 6) is -1.01. The van der Waals surface area contributed by atoms with E-state index < -0.39 is 5.97 Å². The van der Waals surface area contributed by atoms with Crippen LogP contribution in [0.15, 0.2) is 30.3 Å². The van der Waals surface area contributed by atoms with E-state index in [0.717, 1.165) is 5.56 Å². The van der Waals surface area contributed by atoms with E-state index in [2.05, 4.69) is 0 Å². The molecule has 0 spiro atoms. The van der Waals surface area contributed by atoms with Crippen LogP contribution in [-0.2, 0) is 19.0 Å². The molecule has 2 N–H and O–H groups in total. The summed E-state index contributed by atoms with van der Waals surface area (Å²) in [5.41, 5.74) is 0.917. The highest BCUT2D eigenvalue weighted by Crippen LogP contribution is 2.17. The molecular weight excluding hydrogens is 264 g/mol. The largest absolute Gasteiger partial charge is 0.480 e. The Kier molecular flexibility index (Phi) is 8.57. The maximum Gasteiger partial charge on any atom is 0.329 e. The first-order chi connectivity index (χ1) is 9.74. The van der Waals surface area contributed by atoms with Gasteiger partial charge in [0, 0.05) is 0 Å². The van der Waals surface area contributed by atoms with E-state index in [0.29, 0.717) is 13.2 Å². The molecule has 0 aromatic heterocycles. The molecule has 1 aromatic rings. The minimum Gasteiger partial charge on any atom is -0.480 e. The summed E-state index contributed by atoms with van der Waals surface area (Å²) in [4.78, 5) is 10.4. The molecule has 0 bridgehead atoms. The highest BCUT2D eigenvalue weighted by atomic mass is 16.6. The third kappa shape index (κ3) is 7.20. The molecule has 0 saturated heterocycles. The minimum absolute atomic E-state index is 0.0240. The molecule has 0 amide bonds. The van der Waals surface area contributed by atoms with Crippen LogP contribution in [0.25, 0.3) is 0 Å². The van der Waals surface area contributed by atoms with Crippen LogP contribution in [0.1, 0.15) is 11.7 Å². The van der Waals surface area contributed by atoms with Gasteiger partial charge in [0.05, 0.1) is 33.0 Å². The van der Waals surface area contributed by atoms with Crippen LogP contribution in [0.2, 0.25) is 0 Å². The lowest BCUT2D eigenvalue weighted by molar-refractivity contribution is -0.144. The minimum atomic E-state index is -1.01. The van der Waals surface area contributed by atoms with Crippen LogP contribution < -0.4 is 0 Å². The van der Waals surface area contributed by atoms with Gasteiger partial charge >= 0.3 is 5.97 Å². The Morgan fingerprint density at radius 3 is 2.50 bits per heavy atom. The van der Waals surface area contributed by atoms with Crippen molar-refractivity contribution in [3.63, 3.8) is 0 Å². The van der Waals surface area contributed by atoms with Crippen molar-refractivity contribution in [3.05, 3.63) is 35.9 Å². The van der Waals surface area contributed by atoms with Gasteiger partial charge in [0.15, 0.2) is 0 Å². The lowest BCUT2D eigenvalue weighted by Gasteiger charge is -2.18. The van der Waals surface area contributed by atoms with E-state index >= 15 is 0 Å². The maximum atomic E-state index is 10.4. The molecule has 1 unspecified atom stereocenters. The van der Waals surface area contributed by atoms with E-state index in [1.165, 1.54) is 0 Å². The summed E-state index contributed by atoms with van der Waals surface area (Å²) < 4.78 is 15.8. The number of benzene rings is 1. The van der Waals surface area contributed by atoms with E-state index in [1.54, 1.807) is 0 Å². The average Bonchev–Trinajstić information content (AvgIpc) is 2.46. The molecule has 1 atom stereocenters. The molecule has 0 aliphatic rings. The van der Waals surface area contributed by atoms with E-state index in [9.17, 15) is 4.79 Å². The molecule has 0 aliphatic carbocycles. The normalized spacial score (nSPS) is 12.2. The Bertz CT molecular complexity index is 367. The Morgan fingerprint density at radius 2 is 1.85 bits per heavy atom. The van der Waals surface area contributed by atoms with Gasteiger partial charge in [0.1, 0.15) is 12.7 Å². The Morgan fingerprint density at radius 1 is 1.10 bits per heavy atom. The SMILES string of the molecule is O=C(O)COCC(OCCOCCO)c1ccccc1. The van der Waals surface area contributed by atoms with Gasteiger partial charge in [-0.25, -0.2) is 4.79 Å². The quantitative estimate of drug-likeness (QED) is 0.586. The first-order valence-electron chi connectivity index (χ1n) is 6.38. The molecule has 112 valence electrons. The van der Waals surface area contributed by atoms with Crippen LogP contribution in [0.4, 0.5) is 0 Å². The van der Waals surface area contributed by atoms with Crippen molar-refractivity contribution in [2.24, 2.45) is 0 Å². The average molecular weight is 284 g/mol. The second-order valence-corrected chi connectivity index (χ2v) is 4.01. The zero-order valence-corrected chi connectivity index (χ0v) is 11.2. The number of aliphatic carboxylic acids is 1. The van der Waals surface area contributed by atoms with E-state index in [4.69, 9.17) is 24.4 Å². The van der Waals surface area contributed by atoms with Crippen molar-refractivity contribution in [3.8, 4) is 0 Å². The number of hydrogen-bond acceptors (Lipinski definition) is 5. The molecule has 20 heavy (non-hydrogen) atoms. The van der Waals surface area contributed by atoms with Crippen molar-refractivity contribution < 1.29 is 29.2 Å². The number of ether oxygens (including phenoxy) is 3. The van der Waals surface area contributed by atoms with Crippen LogP contribution in [-0.4, -0.2) is 55.8 Å². The van der Waals surface area contributed by atoms with Crippen LogP contribution in [0.5, 0.6) is 0 Å². The molecule has 0 radical (unpaired) electrons.